The highest BCUT2D eigenvalue weighted by Gasteiger charge is 2.32. The van der Waals surface area contributed by atoms with Crippen molar-refractivity contribution in [2.75, 3.05) is 18.6 Å². The third-order valence-corrected chi connectivity index (χ3v) is 7.64. The average Bonchev–Trinajstić information content (AvgIpc) is 3.54. The lowest BCUT2D eigenvalue weighted by atomic mass is 10.0. The van der Waals surface area contributed by atoms with Gasteiger partial charge in [-0.25, -0.2) is 26.9 Å². The molecule has 1 amide bonds. The minimum absolute atomic E-state index is 0.0437. The number of amides is 1. The van der Waals surface area contributed by atoms with E-state index in [0.29, 0.717) is 16.5 Å². The topological polar surface area (TPSA) is 108 Å². The summed E-state index contributed by atoms with van der Waals surface area (Å²) < 4.78 is 45.0. The lowest BCUT2D eigenvalue weighted by molar-refractivity contribution is -0.133. The molecule has 0 aliphatic heterocycles. The highest BCUT2D eigenvalue weighted by Crippen LogP contribution is 2.35. The van der Waals surface area contributed by atoms with Crippen LogP contribution in [0.2, 0.25) is 0 Å². The number of ether oxygens (including phenoxy) is 2. The van der Waals surface area contributed by atoms with Crippen LogP contribution in [0.3, 0.4) is 0 Å². The molecule has 39 heavy (non-hydrogen) atoms. The fraction of sp³-hybridized carbons (Fsp3) is 0.241. The van der Waals surface area contributed by atoms with E-state index in [1.54, 1.807) is 75.4 Å². The monoisotopic (exact) mass is 550 g/mol. The van der Waals surface area contributed by atoms with Crippen molar-refractivity contribution >= 4 is 44.4 Å². The number of furan rings is 1. The Morgan fingerprint density at radius 3 is 2.28 bits per heavy atom. The molecule has 2 heterocycles. The number of nitrogens with zero attached hydrogens (tertiary/aromatic N) is 2. The number of anilines is 1. The van der Waals surface area contributed by atoms with E-state index in [1.165, 1.54) is 30.4 Å². The number of aromatic nitrogens is 1. The van der Waals surface area contributed by atoms with Gasteiger partial charge in [-0.15, -0.1) is 0 Å². The Hall–Kier alpha value is -4.31. The quantitative estimate of drug-likeness (QED) is 0.206. The number of esters is 1. The van der Waals surface area contributed by atoms with E-state index in [2.05, 4.69) is 6.58 Å². The summed E-state index contributed by atoms with van der Waals surface area (Å²) in [5.41, 5.74) is 0.0471. The minimum atomic E-state index is -4.16. The van der Waals surface area contributed by atoms with Gasteiger partial charge in [0.25, 0.3) is 10.0 Å². The predicted octanol–water partition coefficient (Wildman–Crippen LogP) is 5.64. The first-order valence-corrected chi connectivity index (χ1v) is 13.6. The van der Waals surface area contributed by atoms with Gasteiger partial charge in [0.2, 0.25) is 5.88 Å². The Kier molecular flexibility index (Phi) is 7.69. The fourth-order valence-corrected chi connectivity index (χ4v) is 5.85. The van der Waals surface area contributed by atoms with Crippen molar-refractivity contribution in [1.82, 2.24) is 3.97 Å². The normalized spacial score (nSPS) is 11.8. The molecule has 2 aromatic carbocycles. The van der Waals surface area contributed by atoms with Crippen LogP contribution >= 0.6 is 0 Å². The Morgan fingerprint density at radius 1 is 1.00 bits per heavy atom. The van der Waals surface area contributed by atoms with Gasteiger partial charge in [-0.3, -0.25) is 0 Å². The molecule has 4 rings (SSSR count). The van der Waals surface area contributed by atoms with E-state index in [1.807, 2.05) is 0 Å². The molecule has 0 saturated carbocycles. The highest BCUT2D eigenvalue weighted by atomic mass is 32.2. The lowest BCUT2D eigenvalue weighted by Crippen LogP contribution is -2.38. The molecule has 2 aromatic heterocycles. The van der Waals surface area contributed by atoms with Gasteiger partial charge in [0.15, 0.2) is 0 Å². The van der Waals surface area contributed by atoms with Crippen LogP contribution in [-0.4, -0.2) is 43.7 Å². The van der Waals surface area contributed by atoms with Crippen LogP contribution in [0.15, 0.2) is 88.9 Å². The van der Waals surface area contributed by atoms with Gasteiger partial charge >= 0.3 is 12.1 Å². The Balaban J connectivity index is 1.90. The van der Waals surface area contributed by atoms with E-state index in [4.69, 9.17) is 13.9 Å². The number of benzene rings is 2. The number of hydrogen-bond acceptors (Lipinski definition) is 7. The third-order valence-electron chi connectivity index (χ3n) is 5.91. The average molecular weight is 551 g/mol. The maximum absolute atomic E-state index is 14.0. The van der Waals surface area contributed by atoms with Crippen molar-refractivity contribution in [2.24, 2.45) is 0 Å². The molecule has 0 N–H and O–H groups in total. The van der Waals surface area contributed by atoms with Gasteiger partial charge in [0, 0.05) is 18.0 Å². The van der Waals surface area contributed by atoms with Crippen LogP contribution in [0, 0.1) is 0 Å². The number of rotatable bonds is 8. The molecule has 0 radical (unpaired) electrons. The summed E-state index contributed by atoms with van der Waals surface area (Å²) in [7, 11) is -2.96. The summed E-state index contributed by atoms with van der Waals surface area (Å²) in [6.07, 6.45) is 0.949. The molecule has 0 aliphatic carbocycles. The predicted molar refractivity (Wildman–Crippen MR) is 148 cm³/mol. The molecule has 4 aromatic rings. The second kappa shape index (κ2) is 10.8. The molecule has 0 aliphatic rings. The SMILES string of the molecule is C=C(C(=O)OC)c1c(CCN(C(=O)OC(C)(C)C)c2ccco2)c2ccccc2n1S(=O)(=O)c1ccccc1. The van der Waals surface area contributed by atoms with Crippen molar-refractivity contribution in [3.05, 3.63) is 90.8 Å². The first-order chi connectivity index (χ1) is 18.5. The Bertz CT molecular complexity index is 1610. The van der Waals surface area contributed by atoms with Gasteiger partial charge < -0.3 is 13.9 Å². The molecule has 0 unspecified atom stereocenters. The molecule has 0 saturated heterocycles. The van der Waals surface area contributed by atoms with Gasteiger partial charge in [-0.05, 0) is 57.0 Å². The molecule has 0 bridgehead atoms. The van der Waals surface area contributed by atoms with Crippen LogP contribution in [0.1, 0.15) is 32.0 Å². The molecular formula is C29H30N2O7S. The Labute approximate surface area is 227 Å². The summed E-state index contributed by atoms with van der Waals surface area (Å²) in [6.45, 7) is 9.22. The van der Waals surface area contributed by atoms with Crippen LogP contribution < -0.4 is 4.90 Å². The molecule has 0 fully saturated rings. The van der Waals surface area contributed by atoms with E-state index in [9.17, 15) is 18.0 Å². The van der Waals surface area contributed by atoms with E-state index in [0.717, 1.165) is 3.97 Å². The molecule has 204 valence electrons. The van der Waals surface area contributed by atoms with Crippen molar-refractivity contribution < 1.29 is 31.9 Å². The highest BCUT2D eigenvalue weighted by molar-refractivity contribution is 7.90. The standard InChI is InChI=1S/C29H30N2O7S/c1-20(27(32)36-5)26-23(17-18-30(25-16-11-19-37-25)28(33)38-29(2,3)4)22-14-9-10-15-24(22)31(26)39(34,35)21-12-7-6-8-13-21/h6-16,19H,1,17-18H2,2-5H3. The summed E-state index contributed by atoms with van der Waals surface area (Å²) in [5, 5.41) is 0.584. The van der Waals surface area contributed by atoms with Crippen LogP contribution in [0.25, 0.3) is 16.5 Å². The fourth-order valence-electron chi connectivity index (χ4n) is 4.26. The van der Waals surface area contributed by atoms with E-state index < -0.39 is 27.7 Å². The molecule has 10 heteroatoms. The van der Waals surface area contributed by atoms with Gasteiger partial charge in [0.05, 0.1) is 35.1 Å². The van der Waals surface area contributed by atoms with Gasteiger partial charge in [0.1, 0.15) is 5.60 Å². The molecule has 0 spiro atoms. The van der Waals surface area contributed by atoms with Crippen molar-refractivity contribution in [3.8, 4) is 0 Å². The van der Waals surface area contributed by atoms with Crippen molar-refractivity contribution in [1.29, 1.82) is 0 Å². The maximum atomic E-state index is 14.0. The zero-order chi connectivity index (χ0) is 28.4. The smallest absolute Gasteiger partial charge is 0.417 e. The summed E-state index contributed by atoms with van der Waals surface area (Å²) >= 11 is 0. The van der Waals surface area contributed by atoms with Crippen molar-refractivity contribution in [2.45, 2.75) is 37.7 Å². The molecule has 9 nitrogen and oxygen atoms in total. The Morgan fingerprint density at radius 2 is 1.67 bits per heavy atom. The summed E-state index contributed by atoms with van der Waals surface area (Å²) in [4.78, 5) is 27.2. The zero-order valence-corrected chi connectivity index (χ0v) is 23.0. The first-order valence-electron chi connectivity index (χ1n) is 12.2. The second-order valence-corrected chi connectivity index (χ2v) is 11.5. The van der Waals surface area contributed by atoms with Gasteiger partial charge in [-0.2, -0.15) is 0 Å². The van der Waals surface area contributed by atoms with E-state index >= 15 is 0 Å². The van der Waals surface area contributed by atoms with Crippen LogP contribution in [-0.2, 0) is 30.7 Å². The number of carbonyl (C=O) groups excluding carboxylic acids is 2. The van der Waals surface area contributed by atoms with Gasteiger partial charge in [-0.1, -0.05) is 43.0 Å². The molecule has 0 atom stereocenters. The maximum Gasteiger partial charge on any atom is 0.417 e. The number of hydrogen-bond donors (Lipinski definition) is 0. The number of fused-ring (bicyclic) bond motifs is 1. The lowest BCUT2D eigenvalue weighted by Gasteiger charge is -2.26. The minimum Gasteiger partial charge on any atom is -0.465 e. The van der Waals surface area contributed by atoms with Crippen molar-refractivity contribution in [3.63, 3.8) is 0 Å². The van der Waals surface area contributed by atoms with Crippen LogP contribution in [0.5, 0.6) is 0 Å². The number of para-hydroxylation sites is 1. The van der Waals surface area contributed by atoms with E-state index in [-0.39, 0.29) is 35.0 Å². The second-order valence-electron chi connectivity index (χ2n) is 9.73. The molecular weight excluding hydrogens is 520 g/mol. The summed E-state index contributed by atoms with van der Waals surface area (Å²) in [6, 6.07) is 18.1. The number of carbonyl (C=O) groups is 2. The summed E-state index contributed by atoms with van der Waals surface area (Å²) in [5.74, 6) is -0.517. The zero-order valence-electron chi connectivity index (χ0n) is 22.2. The van der Waals surface area contributed by atoms with Crippen LogP contribution in [0.4, 0.5) is 10.7 Å². The third kappa shape index (κ3) is 5.61. The largest absolute Gasteiger partial charge is 0.465 e. The first kappa shape index (κ1) is 27.7. The number of methoxy groups -OCH3 is 1.